The van der Waals surface area contributed by atoms with Crippen molar-refractivity contribution < 1.29 is 19.1 Å². The normalized spacial score (nSPS) is 12.0. The first-order chi connectivity index (χ1) is 13.8. The van der Waals surface area contributed by atoms with Crippen molar-refractivity contribution in [1.82, 2.24) is 15.0 Å². The van der Waals surface area contributed by atoms with Crippen molar-refractivity contribution in [3.63, 3.8) is 0 Å². The number of benzene rings is 1. The Hall–Kier alpha value is -2.57. The second kappa shape index (κ2) is 8.84. The van der Waals surface area contributed by atoms with E-state index in [4.69, 9.17) is 4.84 Å². The lowest BCUT2D eigenvalue weighted by molar-refractivity contribution is -0.00677. The number of amides is 1. The van der Waals surface area contributed by atoms with Crippen molar-refractivity contribution in [3.05, 3.63) is 61.8 Å². The van der Waals surface area contributed by atoms with Gasteiger partial charge in [0.2, 0.25) is 0 Å². The van der Waals surface area contributed by atoms with Gasteiger partial charge in [0.25, 0.3) is 11.5 Å². The van der Waals surface area contributed by atoms with Gasteiger partial charge in [-0.05, 0) is 59.8 Å². The summed E-state index contributed by atoms with van der Waals surface area (Å²) in [6, 6.07) is 7.66. The third kappa shape index (κ3) is 4.54. The Bertz CT molecular complexity index is 1130. The lowest BCUT2D eigenvalue weighted by atomic mass is 10.1. The Balaban J connectivity index is 2.15. The van der Waals surface area contributed by atoms with Crippen LogP contribution in [0.4, 0.5) is 15.9 Å². The number of hydroxylamine groups is 1. The zero-order chi connectivity index (χ0) is 21.1. The smallest absolute Gasteiger partial charge is 0.280 e. The average molecular weight is 512 g/mol. The van der Waals surface area contributed by atoms with E-state index in [0.29, 0.717) is 3.57 Å². The highest BCUT2D eigenvalue weighted by molar-refractivity contribution is 14.1. The topological polar surface area (TPSA) is 105 Å². The summed E-state index contributed by atoms with van der Waals surface area (Å²) in [6.07, 6.45) is 0.661. The van der Waals surface area contributed by atoms with Crippen LogP contribution in [0.25, 0.3) is 10.9 Å². The van der Waals surface area contributed by atoms with E-state index in [2.05, 4.69) is 15.8 Å². The van der Waals surface area contributed by atoms with Crippen molar-refractivity contribution in [1.29, 1.82) is 0 Å². The summed E-state index contributed by atoms with van der Waals surface area (Å²) in [4.78, 5) is 34.8. The maximum Gasteiger partial charge on any atom is 0.280 e. The van der Waals surface area contributed by atoms with Gasteiger partial charge in [-0.2, -0.15) is 0 Å². The fourth-order valence-electron chi connectivity index (χ4n) is 2.70. The number of nitrogens with zero attached hydrogens (tertiary/aromatic N) is 2. The van der Waals surface area contributed by atoms with Crippen molar-refractivity contribution in [2.45, 2.75) is 13.0 Å². The molecule has 0 radical (unpaired) electrons. The molecule has 1 atom stereocenters. The third-order valence-corrected chi connectivity index (χ3v) is 4.72. The summed E-state index contributed by atoms with van der Waals surface area (Å²) in [5.41, 5.74) is 2.07. The molecular weight excluding hydrogens is 494 g/mol. The molecule has 1 amide bonds. The lowest BCUT2D eigenvalue weighted by Crippen LogP contribution is -2.31. The first kappa shape index (κ1) is 21.1. The molecule has 1 aromatic carbocycles. The number of rotatable bonds is 6. The zero-order valence-electron chi connectivity index (χ0n) is 15.6. The maximum absolute atomic E-state index is 14.4. The fraction of sp³-hybridized carbons (Fsp3) is 0.211. The molecule has 8 nitrogen and oxygen atoms in total. The monoisotopic (exact) mass is 512 g/mol. The number of anilines is 2. The predicted molar refractivity (Wildman–Crippen MR) is 114 cm³/mol. The van der Waals surface area contributed by atoms with Crippen LogP contribution in [0.1, 0.15) is 17.3 Å². The summed E-state index contributed by atoms with van der Waals surface area (Å²) in [5.74, 6) is -1.18. The summed E-state index contributed by atoms with van der Waals surface area (Å²) >= 11 is 1.98. The largest absolute Gasteiger partial charge is 0.391 e. The van der Waals surface area contributed by atoms with Crippen LogP contribution in [0.3, 0.4) is 0 Å². The van der Waals surface area contributed by atoms with Crippen LogP contribution in [-0.2, 0) is 11.9 Å². The molecule has 0 aliphatic carbocycles. The molecule has 0 spiro atoms. The van der Waals surface area contributed by atoms with Crippen LogP contribution in [-0.4, -0.2) is 33.3 Å². The van der Waals surface area contributed by atoms with Crippen molar-refractivity contribution >= 4 is 50.9 Å². The minimum atomic E-state index is -0.788. The number of aliphatic hydroxyl groups excluding tert-OH is 1. The van der Waals surface area contributed by atoms with E-state index in [1.54, 1.807) is 18.2 Å². The SMILES string of the molecule is C[C@H](O)CONC(=O)c1c(Nc2ccc(I)cc2F)n(C)c(=O)c2cccnc12. The van der Waals surface area contributed by atoms with Crippen LogP contribution >= 0.6 is 22.6 Å². The Morgan fingerprint density at radius 3 is 2.86 bits per heavy atom. The fourth-order valence-corrected chi connectivity index (χ4v) is 3.15. The van der Waals surface area contributed by atoms with Crippen LogP contribution in [0.2, 0.25) is 0 Å². The van der Waals surface area contributed by atoms with Crippen molar-refractivity contribution in [3.8, 4) is 0 Å². The molecule has 0 fully saturated rings. The van der Waals surface area contributed by atoms with Gasteiger partial charge in [-0.1, -0.05) is 0 Å². The Morgan fingerprint density at radius 2 is 2.17 bits per heavy atom. The highest BCUT2D eigenvalue weighted by Gasteiger charge is 2.23. The van der Waals surface area contributed by atoms with E-state index in [1.807, 2.05) is 22.6 Å². The Morgan fingerprint density at radius 1 is 1.41 bits per heavy atom. The highest BCUT2D eigenvalue weighted by atomic mass is 127. The number of nitrogens with one attached hydrogen (secondary N) is 2. The maximum atomic E-state index is 14.4. The summed E-state index contributed by atoms with van der Waals surface area (Å²) in [5, 5.41) is 12.4. The Labute approximate surface area is 178 Å². The van der Waals surface area contributed by atoms with E-state index in [-0.39, 0.29) is 34.6 Å². The van der Waals surface area contributed by atoms with Gasteiger partial charge >= 0.3 is 0 Å². The third-order valence-electron chi connectivity index (χ3n) is 4.05. The van der Waals surface area contributed by atoms with E-state index in [9.17, 15) is 19.1 Å². The summed E-state index contributed by atoms with van der Waals surface area (Å²) in [7, 11) is 1.47. The van der Waals surface area contributed by atoms with Crippen LogP contribution < -0.4 is 16.4 Å². The molecule has 0 unspecified atom stereocenters. The van der Waals surface area contributed by atoms with Crippen LogP contribution in [0, 0.1) is 9.39 Å². The number of carbonyl (C=O) groups is 1. The number of pyridine rings is 2. The average Bonchev–Trinajstić information content (AvgIpc) is 2.67. The standard InChI is InChI=1S/C19H18FIN4O4/c1-10(26)9-29-24-18(27)15-16-12(4-3-7-22-16)19(28)25(2)17(15)23-14-6-5-11(21)8-13(14)20/h3-8,10,23,26H,9H2,1-2H3,(H,24,27)/t10-/m0/s1. The quantitative estimate of drug-likeness (QED) is 0.346. The van der Waals surface area contributed by atoms with Crippen molar-refractivity contribution in [2.24, 2.45) is 7.05 Å². The van der Waals surface area contributed by atoms with Gasteiger partial charge in [-0.25, -0.2) is 9.87 Å². The molecule has 3 rings (SSSR count). The molecule has 0 aliphatic heterocycles. The molecule has 0 saturated carbocycles. The summed E-state index contributed by atoms with van der Waals surface area (Å²) in [6.45, 7) is 1.37. The van der Waals surface area contributed by atoms with Gasteiger partial charge in [0, 0.05) is 16.8 Å². The molecule has 0 bridgehead atoms. The van der Waals surface area contributed by atoms with Gasteiger partial charge in [-0.15, -0.1) is 0 Å². The molecule has 2 heterocycles. The molecule has 3 aromatic rings. The van der Waals surface area contributed by atoms with Crippen molar-refractivity contribution in [2.75, 3.05) is 11.9 Å². The van der Waals surface area contributed by atoms with Gasteiger partial charge < -0.3 is 10.4 Å². The molecule has 2 aromatic heterocycles. The minimum absolute atomic E-state index is 0.00578. The predicted octanol–water partition coefficient (Wildman–Crippen LogP) is 2.46. The first-order valence-corrected chi connectivity index (χ1v) is 9.67. The second-order valence-electron chi connectivity index (χ2n) is 6.33. The molecular formula is C19H18FIN4O4. The van der Waals surface area contributed by atoms with Gasteiger partial charge in [0.1, 0.15) is 23.8 Å². The second-order valence-corrected chi connectivity index (χ2v) is 7.57. The van der Waals surface area contributed by atoms with Gasteiger partial charge in [0.05, 0.1) is 22.7 Å². The zero-order valence-corrected chi connectivity index (χ0v) is 17.7. The van der Waals surface area contributed by atoms with Gasteiger partial charge in [-0.3, -0.25) is 24.0 Å². The molecule has 10 heteroatoms. The number of fused-ring (bicyclic) bond motifs is 1. The van der Waals surface area contributed by atoms with Gasteiger partial charge in [0.15, 0.2) is 0 Å². The van der Waals surface area contributed by atoms with E-state index in [0.717, 1.165) is 0 Å². The van der Waals surface area contributed by atoms with E-state index >= 15 is 0 Å². The number of hydrogen-bond acceptors (Lipinski definition) is 6. The minimum Gasteiger partial charge on any atom is -0.391 e. The van der Waals surface area contributed by atoms with E-state index < -0.39 is 23.4 Å². The first-order valence-electron chi connectivity index (χ1n) is 8.59. The van der Waals surface area contributed by atoms with E-state index in [1.165, 1.54) is 36.9 Å². The molecule has 152 valence electrons. The lowest BCUT2D eigenvalue weighted by Gasteiger charge is -2.18. The number of hydrogen-bond donors (Lipinski definition) is 3. The number of aromatic nitrogens is 2. The number of halogens is 2. The number of aliphatic hydroxyl groups is 1. The highest BCUT2D eigenvalue weighted by Crippen LogP contribution is 2.27. The Kier molecular flexibility index (Phi) is 6.45. The summed E-state index contributed by atoms with van der Waals surface area (Å²) < 4.78 is 16.3. The molecule has 3 N–H and O–H groups in total. The molecule has 29 heavy (non-hydrogen) atoms. The molecule has 0 aliphatic rings. The van der Waals surface area contributed by atoms with Crippen LogP contribution in [0.5, 0.6) is 0 Å². The number of carbonyl (C=O) groups excluding carboxylic acids is 1. The molecule has 0 saturated heterocycles. The van der Waals surface area contributed by atoms with Crippen LogP contribution in [0.15, 0.2) is 41.3 Å².